The molecule has 2 rings (SSSR count). The van der Waals surface area contributed by atoms with Crippen molar-refractivity contribution in [1.29, 1.82) is 0 Å². The molecule has 1 heterocycles. The van der Waals surface area contributed by atoms with Gasteiger partial charge in [-0.25, -0.2) is 0 Å². The maximum Gasteiger partial charge on any atom is 0.104 e. The molecule has 1 aromatic rings. The van der Waals surface area contributed by atoms with Gasteiger partial charge in [-0.1, -0.05) is 67.3 Å². The lowest BCUT2D eigenvalue weighted by molar-refractivity contribution is 0.0972. The summed E-state index contributed by atoms with van der Waals surface area (Å²) in [5.41, 5.74) is 4.00. The SMILES string of the molecule is C=CC[C@H]1OC/C(=C/[Si](C)(C)c2ccccc2)[C@@H]1C. The van der Waals surface area contributed by atoms with Crippen molar-refractivity contribution in [2.75, 3.05) is 6.61 Å². The van der Waals surface area contributed by atoms with Crippen LogP contribution in [0.4, 0.5) is 0 Å². The second kappa shape index (κ2) is 5.89. The molecular formula is C17H24OSi. The van der Waals surface area contributed by atoms with Crippen molar-refractivity contribution in [3.05, 3.63) is 54.3 Å². The van der Waals surface area contributed by atoms with E-state index in [0.717, 1.165) is 13.0 Å². The van der Waals surface area contributed by atoms with E-state index in [0.29, 0.717) is 12.0 Å². The van der Waals surface area contributed by atoms with Crippen LogP contribution in [0.2, 0.25) is 13.1 Å². The molecule has 102 valence electrons. The molecule has 0 saturated carbocycles. The van der Waals surface area contributed by atoms with Gasteiger partial charge < -0.3 is 4.74 Å². The Labute approximate surface area is 118 Å². The van der Waals surface area contributed by atoms with Gasteiger partial charge in [-0.05, 0) is 12.0 Å². The van der Waals surface area contributed by atoms with Crippen molar-refractivity contribution in [2.24, 2.45) is 5.92 Å². The molecule has 0 spiro atoms. The summed E-state index contributed by atoms with van der Waals surface area (Å²) < 4.78 is 5.88. The molecule has 0 aliphatic carbocycles. The zero-order valence-electron chi connectivity index (χ0n) is 12.2. The second-order valence-corrected chi connectivity index (χ2v) is 10.3. The van der Waals surface area contributed by atoms with Gasteiger partial charge in [0.05, 0.1) is 12.7 Å². The minimum absolute atomic E-state index is 0.323. The first-order valence-corrected chi connectivity index (χ1v) is 10.1. The van der Waals surface area contributed by atoms with E-state index >= 15 is 0 Å². The highest BCUT2D eigenvalue weighted by molar-refractivity contribution is 6.94. The molecule has 0 bridgehead atoms. The van der Waals surface area contributed by atoms with Gasteiger partial charge in [0.2, 0.25) is 0 Å². The van der Waals surface area contributed by atoms with Gasteiger partial charge in [0.25, 0.3) is 0 Å². The summed E-state index contributed by atoms with van der Waals surface area (Å²) in [4.78, 5) is 0. The van der Waals surface area contributed by atoms with Gasteiger partial charge in [-0.15, -0.1) is 6.58 Å². The van der Waals surface area contributed by atoms with Crippen LogP contribution in [0.1, 0.15) is 13.3 Å². The average molecular weight is 272 g/mol. The van der Waals surface area contributed by atoms with Crippen LogP contribution in [0.15, 0.2) is 54.3 Å². The van der Waals surface area contributed by atoms with E-state index < -0.39 is 8.07 Å². The molecule has 1 nitrogen and oxygen atoms in total. The summed E-state index contributed by atoms with van der Waals surface area (Å²) in [6.45, 7) is 11.7. The molecule has 19 heavy (non-hydrogen) atoms. The Morgan fingerprint density at radius 3 is 2.63 bits per heavy atom. The number of hydrogen-bond acceptors (Lipinski definition) is 1. The Morgan fingerprint density at radius 1 is 1.32 bits per heavy atom. The van der Waals surface area contributed by atoms with Gasteiger partial charge in [-0.2, -0.15) is 0 Å². The van der Waals surface area contributed by atoms with Crippen LogP contribution < -0.4 is 5.19 Å². The quantitative estimate of drug-likeness (QED) is 0.600. The lowest BCUT2D eigenvalue weighted by Gasteiger charge is -2.21. The van der Waals surface area contributed by atoms with Crippen LogP contribution >= 0.6 is 0 Å². The third-order valence-electron chi connectivity index (χ3n) is 4.07. The normalized spacial score (nSPS) is 25.7. The summed E-state index contributed by atoms with van der Waals surface area (Å²) >= 11 is 0. The topological polar surface area (TPSA) is 9.23 Å². The largest absolute Gasteiger partial charge is 0.373 e. The molecule has 2 atom stereocenters. The molecule has 1 aromatic carbocycles. The Balaban J connectivity index is 2.19. The Hall–Kier alpha value is -1.12. The smallest absolute Gasteiger partial charge is 0.104 e. The van der Waals surface area contributed by atoms with Gasteiger partial charge in [0.15, 0.2) is 0 Å². The molecule has 1 aliphatic heterocycles. The fraction of sp³-hybridized carbons (Fsp3) is 0.412. The summed E-state index contributed by atoms with van der Waals surface area (Å²) in [7, 11) is -1.51. The van der Waals surface area contributed by atoms with Crippen molar-refractivity contribution in [3.8, 4) is 0 Å². The monoisotopic (exact) mass is 272 g/mol. The van der Waals surface area contributed by atoms with Crippen molar-refractivity contribution < 1.29 is 4.74 Å². The number of ether oxygens (including phenoxy) is 1. The number of benzene rings is 1. The van der Waals surface area contributed by atoms with Crippen molar-refractivity contribution >= 4 is 13.3 Å². The first kappa shape index (κ1) is 14.3. The standard InChI is InChI=1S/C17H24OSi/c1-5-9-17-14(2)15(12-18-17)13-19(3,4)16-10-7-6-8-11-16/h5-8,10-11,13-14,17H,1,9,12H2,2-4H3/b15-13-/t14-,17+/m0/s1. The average Bonchev–Trinajstić information content (AvgIpc) is 2.73. The first-order valence-electron chi connectivity index (χ1n) is 7.04. The van der Waals surface area contributed by atoms with Crippen LogP contribution in [0.25, 0.3) is 0 Å². The number of rotatable bonds is 4. The minimum Gasteiger partial charge on any atom is -0.373 e. The number of hydrogen-bond donors (Lipinski definition) is 0. The van der Waals surface area contributed by atoms with E-state index in [2.05, 4.69) is 62.6 Å². The lowest BCUT2D eigenvalue weighted by Crippen LogP contribution is -2.40. The lowest BCUT2D eigenvalue weighted by atomic mass is 9.98. The Bertz CT molecular complexity index is 461. The summed E-state index contributed by atoms with van der Waals surface area (Å²) in [5.74, 6) is 0.522. The van der Waals surface area contributed by atoms with Crippen LogP contribution in [-0.2, 0) is 4.74 Å². The third-order valence-corrected chi connectivity index (χ3v) is 6.98. The maximum absolute atomic E-state index is 5.88. The Kier molecular flexibility index (Phi) is 4.43. The highest BCUT2D eigenvalue weighted by atomic mass is 28.3. The maximum atomic E-state index is 5.88. The molecule has 2 heteroatoms. The zero-order valence-corrected chi connectivity index (χ0v) is 13.2. The molecular weight excluding hydrogens is 248 g/mol. The predicted molar refractivity (Wildman–Crippen MR) is 85.4 cm³/mol. The molecule has 0 aromatic heterocycles. The fourth-order valence-electron chi connectivity index (χ4n) is 2.74. The van der Waals surface area contributed by atoms with Gasteiger partial charge in [0, 0.05) is 5.92 Å². The summed E-state index contributed by atoms with van der Waals surface area (Å²) in [6.07, 6.45) is 3.24. The van der Waals surface area contributed by atoms with Crippen LogP contribution in [0.5, 0.6) is 0 Å². The van der Waals surface area contributed by atoms with E-state index in [1.54, 1.807) is 0 Å². The predicted octanol–water partition coefficient (Wildman–Crippen LogP) is 3.68. The zero-order chi connectivity index (χ0) is 13.9. The molecule has 0 amide bonds. The van der Waals surface area contributed by atoms with E-state index in [4.69, 9.17) is 4.74 Å². The molecule has 1 aliphatic rings. The van der Waals surface area contributed by atoms with Crippen LogP contribution in [-0.4, -0.2) is 20.8 Å². The van der Waals surface area contributed by atoms with Gasteiger partial charge >= 0.3 is 0 Å². The van der Waals surface area contributed by atoms with Crippen molar-refractivity contribution in [2.45, 2.75) is 32.5 Å². The van der Waals surface area contributed by atoms with E-state index in [9.17, 15) is 0 Å². The van der Waals surface area contributed by atoms with Gasteiger partial charge in [-0.3, -0.25) is 0 Å². The van der Waals surface area contributed by atoms with Crippen molar-refractivity contribution in [3.63, 3.8) is 0 Å². The van der Waals surface area contributed by atoms with E-state index in [1.165, 1.54) is 10.8 Å². The van der Waals surface area contributed by atoms with Crippen molar-refractivity contribution in [1.82, 2.24) is 0 Å². The summed E-state index contributed by atoms with van der Waals surface area (Å²) in [5, 5.41) is 1.49. The summed E-state index contributed by atoms with van der Waals surface area (Å²) in [6, 6.07) is 10.9. The highest BCUT2D eigenvalue weighted by Gasteiger charge is 2.30. The highest BCUT2D eigenvalue weighted by Crippen LogP contribution is 2.29. The molecule has 1 saturated heterocycles. The van der Waals surface area contributed by atoms with Crippen LogP contribution in [0, 0.1) is 5.92 Å². The molecule has 0 radical (unpaired) electrons. The Morgan fingerprint density at radius 2 is 2.00 bits per heavy atom. The van der Waals surface area contributed by atoms with E-state index in [1.807, 2.05) is 6.08 Å². The molecule has 0 unspecified atom stereocenters. The molecule has 1 fully saturated rings. The molecule has 0 N–H and O–H groups in total. The third kappa shape index (κ3) is 3.25. The second-order valence-electron chi connectivity index (χ2n) is 5.97. The first-order chi connectivity index (χ1) is 9.04. The van der Waals surface area contributed by atoms with E-state index in [-0.39, 0.29) is 0 Å². The van der Waals surface area contributed by atoms with Crippen LogP contribution in [0.3, 0.4) is 0 Å². The van der Waals surface area contributed by atoms with Gasteiger partial charge in [0.1, 0.15) is 8.07 Å². The minimum atomic E-state index is -1.51. The fourth-order valence-corrected chi connectivity index (χ4v) is 5.23.